The number of esters is 2. The van der Waals surface area contributed by atoms with Crippen molar-refractivity contribution in [1.82, 2.24) is 0 Å². The van der Waals surface area contributed by atoms with Crippen molar-refractivity contribution in [3.63, 3.8) is 0 Å². The number of ether oxygens (including phenoxy) is 2. The molecule has 0 aromatic heterocycles. The molecule has 45 heavy (non-hydrogen) atoms. The number of hydrogen-bond acceptors (Lipinski definition) is 6. The lowest BCUT2D eigenvalue weighted by molar-refractivity contribution is -0.144. The number of rotatable bonds is 38. The van der Waals surface area contributed by atoms with Gasteiger partial charge in [0.15, 0.2) is 0 Å². The molecular formula is C39H76O4S2. The van der Waals surface area contributed by atoms with Gasteiger partial charge < -0.3 is 9.47 Å². The van der Waals surface area contributed by atoms with Crippen LogP contribution in [0.25, 0.3) is 0 Å². The highest BCUT2D eigenvalue weighted by atomic mass is 33.1. The van der Waals surface area contributed by atoms with Crippen LogP contribution in [0.2, 0.25) is 0 Å². The van der Waals surface area contributed by atoms with E-state index in [4.69, 9.17) is 9.47 Å². The lowest BCUT2D eigenvalue weighted by Crippen LogP contribution is -2.08. The van der Waals surface area contributed by atoms with Gasteiger partial charge in [0, 0.05) is 24.3 Å². The Labute approximate surface area is 289 Å². The molecule has 0 aliphatic rings. The Bertz CT molecular complexity index is 602. The minimum Gasteiger partial charge on any atom is -0.465 e. The number of carbonyl (C=O) groups excluding carboxylic acids is 2. The van der Waals surface area contributed by atoms with Crippen LogP contribution in [0.1, 0.15) is 213 Å². The number of unbranched alkanes of at least 4 members (excludes halogenated alkanes) is 27. The highest BCUT2D eigenvalue weighted by Crippen LogP contribution is 2.21. The summed E-state index contributed by atoms with van der Waals surface area (Å²) in [5.74, 6) is 1.43. The van der Waals surface area contributed by atoms with Gasteiger partial charge in [0.1, 0.15) is 13.2 Å². The molecule has 0 rings (SSSR count). The van der Waals surface area contributed by atoms with Crippen LogP contribution in [-0.2, 0) is 19.1 Å². The maximum atomic E-state index is 11.9. The maximum Gasteiger partial charge on any atom is 0.305 e. The van der Waals surface area contributed by atoms with Crippen LogP contribution in [0.4, 0.5) is 0 Å². The van der Waals surface area contributed by atoms with E-state index >= 15 is 0 Å². The Morgan fingerprint density at radius 1 is 0.356 bits per heavy atom. The Kier molecular flexibility index (Phi) is 39.5. The van der Waals surface area contributed by atoms with Crippen molar-refractivity contribution in [1.29, 1.82) is 0 Å². The van der Waals surface area contributed by atoms with Crippen molar-refractivity contribution in [2.75, 3.05) is 24.7 Å². The average molecular weight is 673 g/mol. The molecule has 0 aromatic rings. The fraction of sp³-hybridized carbons (Fsp3) is 0.949. The van der Waals surface area contributed by atoms with Crippen molar-refractivity contribution in [2.24, 2.45) is 0 Å². The molecule has 0 aliphatic heterocycles. The smallest absolute Gasteiger partial charge is 0.305 e. The van der Waals surface area contributed by atoms with Crippen molar-refractivity contribution in [3.05, 3.63) is 0 Å². The Morgan fingerprint density at radius 3 is 0.822 bits per heavy atom. The van der Waals surface area contributed by atoms with Gasteiger partial charge in [-0.15, -0.1) is 0 Å². The van der Waals surface area contributed by atoms with E-state index in [2.05, 4.69) is 13.8 Å². The highest BCUT2D eigenvalue weighted by molar-refractivity contribution is 8.76. The predicted octanol–water partition coefficient (Wildman–Crippen LogP) is 13.6. The Balaban J connectivity index is 3.24. The first-order valence-electron chi connectivity index (χ1n) is 19.8. The monoisotopic (exact) mass is 673 g/mol. The lowest BCUT2D eigenvalue weighted by Gasteiger charge is -2.06. The highest BCUT2D eigenvalue weighted by Gasteiger charge is 2.05. The predicted molar refractivity (Wildman–Crippen MR) is 201 cm³/mol. The van der Waals surface area contributed by atoms with Crippen molar-refractivity contribution in [3.8, 4) is 0 Å². The lowest BCUT2D eigenvalue weighted by atomic mass is 10.0. The number of carbonyl (C=O) groups is 2. The average Bonchev–Trinajstić information content (AvgIpc) is 3.04. The Hall–Kier alpha value is -0.360. The van der Waals surface area contributed by atoms with Crippen LogP contribution < -0.4 is 0 Å². The van der Waals surface area contributed by atoms with Crippen molar-refractivity contribution < 1.29 is 19.1 Å². The van der Waals surface area contributed by atoms with Gasteiger partial charge >= 0.3 is 11.9 Å². The molecule has 0 saturated carbocycles. The van der Waals surface area contributed by atoms with Crippen LogP contribution in [0, 0.1) is 0 Å². The summed E-state index contributed by atoms with van der Waals surface area (Å²) in [6.07, 6.45) is 39.6. The van der Waals surface area contributed by atoms with Crippen LogP contribution in [-0.4, -0.2) is 36.7 Å². The largest absolute Gasteiger partial charge is 0.465 e. The van der Waals surface area contributed by atoms with Gasteiger partial charge in [0.25, 0.3) is 0 Å². The fourth-order valence-electron chi connectivity index (χ4n) is 5.75. The summed E-state index contributed by atoms with van der Waals surface area (Å²) in [6.45, 7) is 5.49. The van der Waals surface area contributed by atoms with Gasteiger partial charge in [0.05, 0.1) is 0 Å². The van der Waals surface area contributed by atoms with Gasteiger partial charge in [-0.3, -0.25) is 9.59 Å². The zero-order valence-corrected chi connectivity index (χ0v) is 31.8. The molecule has 0 N–H and O–H groups in total. The molecule has 6 heteroatoms. The standard InChI is InChI=1S/C39H76O4S2/c1-3-5-7-9-11-13-15-17-19-21-23-25-27-29-31-33-39(41)43-35-37-45-44-36-34-42-38(40)32-30-28-26-24-22-20-18-16-14-12-10-8-6-4-2/h3-37H2,1-2H3. The quantitative estimate of drug-likeness (QED) is 0.0370. The van der Waals surface area contributed by atoms with E-state index in [1.165, 1.54) is 161 Å². The van der Waals surface area contributed by atoms with Crippen molar-refractivity contribution >= 4 is 33.5 Å². The molecule has 0 aromatic carbocycles. The van der Waals surface area contributed by atoms with Crippen LogP contribution in [0.15, 0.2) is 0 Å². The van der Waals surface area contributed by atoms with E-state index in [9.17, 15) is 9.59 Å². The third kappa shape index (κ3) is 39.7. The minimum absolute atomic E-state index is 0.0623. The summed E-state index contributed by atoms with van der Waals surface area (Å²) in [6, 6.07) is 0. The second kappa shape index (κ2) is 39.8. The topological polar surface area (TPSA) is 52.6 Å². The molecule has 0 saturated heterocycles. The molecule has 0 radical (unpaired) electrons. The SMILES string of the molecule is CCCCCCCCCCCCCCCCCC(=O)OCCSSCCOC(=O)CCCCCCCCCCCCCCCC. The second-order valence-corrected chi connectivity index (χ2v) is 15.8. The van der Waals surface area contributed by atoms with E-state index in [1.807, 2.05) is 0 Å². The Morgan fingerprint density at radius 2 is 0.578 bits per heavy atom. The van der Waals surface area contributed by atoms with Gasteiger partial charge in [0.2, 0.25) is 0 Å². The van der Waals surface area contributed by atoms with E-state index < -0.39 is 0 Å². The van der Waals surface area contributed by atoms with E-state index in [0.717, 1.165) is 37.2 Å². The second-order valence-electron chi connectivity index (χ2n) is 13.1. The first kappa shape index (κ1) is 44.6. The molecule has 0 heterocycles. The van der Waals surface area contributed by atoms with E-state index in [0.29, 0.717) is 26.1 Å². The third-order valence-electron chi connectivity index (χ3n) is 8.66. The van der Waals surface area contributed by atoms with E-state index in [-0.39, 0.29) is 11.9 Å². The third-order valence-corrected chi connectivity index (χ3v) is 11.0. The van der Waals surface area contributed by atoms with Gasteiger partial charge in [-0.25, -0.2) is 0 Å². The first-order valence-corrected chi connectivity index (χ1v) is 22.2. The molecule has 4 nitrogen and oxygen atoms in total. The molecule has 0 bridgehead atoms. The number of hydrogen-bond donors (Lipinski definition) is 0. The molecule has 0 amide bonds. The molecule has 0 atom stereocenters. The summed E-state index contributed by atoms with van der Waals surface area (Å²) >= 11 is 0. The summed E-state index contributed by atoms with van der Waals surface area (Å²) in [5, 5.41) is 0. The van der Waals surface area contributed by atoms with Gasteiger partial charge in [-0.1, -0.05) is 209 Å². The molecule has 0 unspecified atom stereocenters. The molecule has 0 aliphatic carbocycles. The molecule has 0 spiro atoms. The molecule has 268 valence electrons. The summed E-state index contributed by atoms with van der Waals surface area (Å²) in [5.41, 5.74) is 0. The fourth-order valence-corrected chi connectivity index (χ4v) is 7.40. The summed E-state index contributed by atoms with van der Waals surface area (Å²) in [7, 11) is 3.37. The minimum atomic E-state index is -0.0627. The zero-order chi connectivity index (χ0) is 32.7. The van der Waals surface area contributed by atoms with Crippen LogP contribution >= 0.6 is 21.6 Å². The normalized spacial score (nSPS) is 11.2. The summed E-state index contributed by atoms with van der Waals surface area (Å²) in [4.78, 5) is 23.9. The van der Waals surface area contributed by atoms with E-state index in [1.54, 1.807) is 21.6 Å². The molecule has 0 fully saturated rings. The first-order chi connectivity index (χ1) is 22.2. The summed E-state index contributed by atoms with van der Waals surface area (Å²) < 4.78 is 10.7. The van der Waals surface area contributed by atoms with Crippen LogP contribution in [0.3, 0.4) is 0 Å². The van der Waals surface area contributed by atoms with Crippen molar-refractivity contribution in [2.45, 2.75) is 213 Å². The molecular weight excluding hydrogens is 597 g/mol. The zero-order valence-electron chi connectivity index (χ0n) is 30.2. The van der Waals surface area contributed by atoms with Gasteiger partial charge in [-0.05, 0) is 12.8 Å². The maximum absolute atomic E-state index is 11.9. The van der Waals surface area contributed by atoms with Crippen LogP contribution in [0.5, 0.6) is 0 Å². The van der Waals surface area contributed by atoms with Gasteiger partial charge in [-0.2, -0.15) is 0 Å².